The molecule has 0 amide bonds. The molecule has 1 aliphatic rings. The third kappa shape index (κ3) is 3.43. The molecule has 0 saturated carbocycles. The lowest BCUT2D eigenvalue weighted by atomic mass is 10.00. The van der Waals surface area contributed by atoms with E-state index in [1.165, 1.54) is 12.4 Å². The molecule has 3 aromatic heterocycles. The molecule has 1 atom stereocenters. The molecule has 1 aromatic carbocycles. The van der Waals surface area contributed by atoms with Gasteiger partial charge in [0.2, 0.25) is 0 Å². The van der Waals surface area contributed by atoms with Crippen molar-refractivity contribution in [2.75, 3.05) is 18.5 Å². The second-order valence-electron chi connectivity index (χ2n) is 7.38. The summed E-state index contributed by atoms with van der Waals surface area (Å²) in [6.45, 7) is 3.50. The Bertz CT molecular complexity index is 1230. The van der Waals surface area contributed by atoms with Gasteiger partial charge in [-0.3, -0.25) is 9.97 Å². The van der Waals surface area contributed by atoms with E-state index in [1.807, 2.05) is 30.5 Å². The van der Waals surface area contributed by atoms with Gasteiger partial charge in [0.1, 0.15) is 29.2 Å². The quantitative estimate of drug-likeness (QED) is 0.535. The second-order valence-corrected chi connectivity index (χ2v) is 7.38. The molecule has 4 heterocycles. The molecule has 5 rings (SSSR count). The van der Waals surface area contributed by atoms with Gasteiger partial charge < -0.3 is 10.1 Å². The summed E-state index contributed by atoms with van der Waals surface area (Å²) in [7, 11) is 0. The van der Waals surface area contributed by atoms with Crippen LogP contribution in [0.4, 0.5) is 10.2 Å². The minimum absolute atomic E-state index is 0.211. The van der Waals surface area contributed by atoms with Gasteiger partial charge in [-0.05, 0) is 24.3 Å². The zero-order valence-corrected chi connectivity index (χ0v) is 16.5. The molecule has 1 N–H and O–H groups in total. The van der Waals surface area contributed by atoms with Crippen molar-refractivity contribution in [1.29, 1.82) is 0 Å². The van der Waals surface area contributed by atoms with E-state index in [0.29, 0.717) is 35.7 Å². The van der Waals surface area contributed by atoms with Crippen molar-refractivity contribution in [3.05, 3.63) is 72.2 Å². The molecule has 150 valence electrons. The largest absolute Gasteiger partial charge is 0.491 e. The third-order valence-electron chi connectivity index (χ3n) is 5.34. The standard InChI is InChI=1S/C23H20FN5O/c1-14(17-4-7-25-19-5-8-30-23(17)19)12-27-21-11-20(28-13-29-21)16-9-15-3-2-6-26-22(15)18(24)10-16/h2-4,6-7,9-11,13-14H,5,8,12H2,1H3,(H,27,28,29)/t14-/m1/s1. The number of anilines is 1. The van der Waals surface area contributed by atoms with Crippen LogP contribution in [0, 0.1) is 5.82 Å². The maximum absolute atomic E-state index is 14.4. The molecule has 1 aliphatic heterocycles. The Morgan fingerprint density at radius 3 is 2.97 bits per heavy atom. The number of benzene rings is 1. The van der Waals surface area contributed by atoms with Crippen LogP contribution in [0.15, 0.2) is 55.1 Å². The monoisotopic (exact) mass is 401 g/mol. The lowest BCUT2D eigenvalue weighted by Crippen LogP contribution is -2.12. The SMILES string of the molecule is C[C@H](CNc1cc(-c2cc(F)c3ncccc3c2)ncn1)c1ccnc2c1OCC2. The minimum atomic E-state index is -0.364. The Kier molecular flexibility index (Phi) is 4.71. The molecule has 0 unspecified atom stereocenters. The first-order valence-electron chi connectivity index (χ1n) is 9.90. The van der Waals surface area contributed by atoms with Crippen molar-refractivity contribution >= 4 is 16.7 Å². The smallest absolute Gasteiger partial charge is 0.150 e. The molecule has 0 fully saturated rings. The van der Waals surface area contributed by atoms with E-state index in [4.69, 9.17) is 4.74 Å². The lowest BCUT2D eigenvalue weighted by Gasteiger charge is -2.16. The highest BCUT2D eigenvalue weighted by Gasteiger charge is 2.20. The van der Waals surface area contributed by atoms with Gasteiger partial charge in [-0.1, -0.05) is 13.0 Å². The Hall–Kier alpha value is -3.61. The van der Waals surface area contributed by atoms with Crippen molar-refractivity contribution in [3.8, 4) is 17.0 Å². The highest BCUT2D eigenvalue weighted by Crippen LogP contribution is 2.33. The average Bonchev–Trinajstić information content (AvgIpc) is 3.27. The van der Waals surface area contributed by atoms with E-state index in [9.17, 15) is 4.39 Å². The van der Waals surface area contributed by atoms with Crippen molar-refractivity contribution in [2.45, 2.75) is 19.3 Å². The summed E-state index contributed by atoms with van der Waals surface area (Å²) in [5.74, 6) is 1.44. The molecule has 4 aromatic rings. The van der Waals surface area contributed by atoms with Crippen LogP contribution in [0.1, 0.15) is 24.1 Å². The van der Waals surface area contributed by atoms with E-state index < -0.39 is 0 Å². The summed E-state index contributed by atoms with van der Waals surface area (Å²) in [5, 5.41) is 4.10. The minimum Gasteiger partial charge on any atom is -0.491 e. The summed E-state index contributed by atoms with van der Waals surface area (Å²) in [4.78, 5) is 17.1. The molecule has 0 spiro atoms. The van der Waals surface area contributed by atoms with Crippen LogP contribution in [-0.4, -0.2) is 33.1 Å². The number of halogens is 1. The molecular weight excluding hydrogens is 381 g/mol. The first-order valence-corrected chi connectivity index (χ1v) is 9.90. The van der Waals surface area contributed by atoms with Gasteiger partial charge in [0.05, 0.1) is 18.0 Å². The summed E-state index contributed by atoms with van der Waals surface area (Å²) in [6.07, 6.45) is 5.77. The number of hydrogen-bond donors (Lipinski definition) is 1. The van der Waals surface area contributed by atoms with Crippen LogP contribution in [0.3, 0.4) is 0 Å². The fourth-order valence-corrected chi connectivity index (χ4v) is 3.77. The van der Waals surface area contributed by atoms with E-state index >= 15 is 0 Å². The van der Waals surface area contributed by atoms with E-state index in [2.05, 4.69) is 32.2 Å². The zero-order valence-electron chi connectivity index (χ0n) is 16.5. The van der Waals surface area contributed by atoms with Crippen molar-refractivity contribution in [1.82, 2.24) is 19.9 Å². The molecule has 0 bridgehead atoms. The van der Waals surface area contributed by atoms with Crippen molar-refractivity contribution in [3.63, 3.8) is 0 Å². The van der Waals surface area contributed by atoms with E-state index in [-0.39, 0.29) is 11.7 Å². The van der Waals surface area contributed by atoms with Gasteiger partial charge in [-0.15, -0.1) is 0 Å². The van der Waals surface area contributed by atoms with Crippen LogP contribution in [0.5, 0.6) is 5.75 Å². The number of nitrogens with zero attached hydrogens (tertiary/aromatic N) is 4. The summed E-state index contributed by atoms with van der Waals surface area (Å²) in [5.41, 5.74) is 3.86. The first kappa shape index (κ1) is 18.4. The topological polar surface area (TPSA) is 72.8 Å². The number of pyridine rings is 2. The molecule has 0 radical (unpaired) electrons. The first-order chi connectivity index (χ1) is 14.7. The molecule has 30 heavy (non-hydrogen) atoms. The summed E-state index contributed by atoms with van der Waals surface area (Å²) in [6, 6.07) is 10.8. The zero-order chi connectivity index (χ0) is 20.5. The Morgan fingerprint density at radius 1 is 1.10 bits per heavy atom. The van der Waals surface area contributed by atoms with Crippen molar-refractivity contribution < 1.29 is 9.13 Å². The molecule has 6 nitrogen and oxygen atoms in total. The normalized spacial score (nSPS) is 13.7. The molecular formula is C23H20FN5O. The van der Waals surface area contributed by atoms with Gasteiger partial charge in [0.15, 0.2) is 0 Å². The van der Waals surface area contributed by atoms with Crippen LogP contribution >= 0.6 is 0 Å². The fourth-order valence-electron chi connectivity index (χ4n) is 3.77. The van der Waals surface area contributed by atoms with Gasteiger partial charge in [-0.2, -0.15) is 0 Å². The highest BCUT2D eigenvalue weighted by molar-refractivity contribution is 5.84. The maximum atomic E-state index is 14.4. The predicted octanol–water partition coefficient (Wildman–Crippen LogP) is 4.38. The molecule has 0 saturated heterocycles. The van der Waals surface area contributed by atoms with Gasteiger partial charge in [0.25, 0.3) is 0 Å². The highest BCUT2D eigenvalue weighted by atomic mass is 19.1. The number of aromatic nitrogens is 4. The Labute approximate surface area is 173 Å². The number of rotatable bonds is 5. The van der Waals surface area contributed by atoms with Gasteiger partial charge in [-0.25, -0.2) is 14.4 Å². The number of ether oxygens (including phenoxy) is 1. The second kappa shape index (κ2) is 7.67. The maximum Gasteiger partial charge on any atom is 0.150 e. The van der Waals surface area contributed by atoms with E-state index in [1.54, 1.807) is 12.3 Å². The number of fused-ring (bicyclic) bond motifs is 2. The molecule has 7 heteroatoms. The lowest BCUT2D eigenvalue weighted by molar-refractivity contribution is 0.352. The van der Waals surface area contributed by atoms with Crippen molar-refractivity contribution in [2.24, 2.45) is 0 Å². The number of nitrogens with one attached hydrogen (secondary N) is 1. The van der Waals surface area contributed by atoms with Gasteiger partial charge in [0, 0.05) is 53.9 Å². The van der Waals surface area contributed by atoms with Crippen LogP contribution in [0.25, 0.3) is 22.2 Å². The van der Waals surface area contributed by atoms with Crippen LogP contribution in [-0.2, 0) is 6.42 Å². The predicted molar refractivity (Wildman–Crippen MR) is 113 cm³/mol. The number of hydrogen-bond acceptors (Lipinski definition) is 6. The fraction of sp³-hybridized carbons (Fsp3) is 0.217. The third-order valence-corrected chi connectivity index (χ3v) is 5.34. The Balaban J connectivity index is 1.36. The Morgan fingerprint density at radius 2 is 2.03 bits per heavy atom. The average molecular weight is 401 g/mol. The summed E-state index contributed by atoms with van der Waals surface area (Å²) < 4.78 is 20.2. The van der Waals surface area contributed by atoms with Gasteiger partial charge >= 0.3 is 0 Å². The van der Waals surface area contributed by atoms with Crippen LogP contribution < -0.4 is 10.1 Å². The van der Waals surface area contributed by atoms with Crippen LogP contribution in [0.2, 0.25) is 0 Å². The molecule has 0 aliphatic carbocycles. The summed E-state index contributed by atoms with van der Waals surface area (Å²) >= 11 is 0. The van der Waals surface area contributed by atoms with E-state index in [0.717, 1.165) is 28.8 Å².